The first kappa shape index (κ1) is 16.4. The third kappa shape index (κ3) is 3.79. The average molecular weight is 353 g/mol. The molecule has 2 heterocycles. The number of rotatable bonds is 4. The lowest BCUT2D eigenvalue weighted by Gasteiger charge is -2.21. The summed E-state index contributed by atoms with van der Waals surface area (Å²) in [5.74, 6) is 1.50. The van der Waals surface area contributed by atoms with E-state index in [1.54, 1.807) is 0 Å². The van der Waals surface area contributed by atoms with E-state index in [0.29, 0.717) is 12.5 Å². The van der Waals surface area contributed by atoms with E-state index in [4.69, 9.17) is 9.72 Å². The second-order valence-corrected chi connectivity index (χ2v) is 7.81. The van der Waals surface area contributed by atoms with Crippen LogP contribution in [0.1, 0.15) is 42.5 Å². The first-order valence-corrected chi connectivity index (χ1v) is 9.92. The van der Waals surface area contributed by atoms with Crippen molar-refractivity contribution in [3.63, 3.8) is 0 Å². The number of nitrogens with zero attached hydrogens (tertiary/aromatic N) is 1. The van der Waals surface area contributed by atoms with E-state index in [2.05, 4.69) is 48.7 Å². The maximum absolute atomic E-state index is 6.01. The molecule has 0 amide bonds. The van der Waals surface area contributed by atoms with Crippen molar-refractivity contribution in [1.82, 2.24) is 4.98 Å². The summed E-state index contributed by atoms with van der Waals surface area (Å²) in [6.07, 6.45) is 8.83. The summed E-state index contributed by atoms with van der Waals surface area (Å²) < 4.78 is 6.01. The molecule has 25 heavy (non-hydrogen) atoms. The Balaban J connectivity index is 1.48. The molecule has 1 unspecified atom stereocenters. The Hall–Kier alpha value is -2.07. The molecule has 1 atom stereocenters. The fourth-order valence-corrected chi connectivity index (χ4v) is 4.54. The normalized spacial score (nSPS) is 20.0. The van der Waals surface area contributed by atoms with E-state index in [9.17, 15) is 0 Å². The highest BCUT2D eigenvalue weighted by Crippen LogP contribution is 2.38. The van der Waals surface area contributed by atoms with Crippen LogP contribution in [0.15, 0.2) is 48.2 Å². The van der Waals surface area contributed by atoms with Crippen LogP contribution >= 0.6 is 11.3 Å². The zero-order chi connectivity index (χ0) is 17.1. The van der Waals surface area contributed by atoms with Gasteiger partial charge in [-0.1, -0.05) is 54.7 Å². The van der Waals surface area contributed by atoms with Gasteiger partial charge in [-0.15, -0.1) is 0 Å². The van der Waals surface area contributed by atoms with E-state index in [1.165, 1.54) is 39.7 Å². The van der Waals surface area contributed by atoms with Crippen LogP contribution in [0.4, 0.5) is 5.00 Å². The topological polar surface area (TPSA) is 34.1 Å². The molecule has 3 nitrogen and oxygen atoms in total. The number of allylic oxidation sites excluding steroid dienone is 4. The monoisotopic (exact) mass is 352 g/mol. The molecule has 0 saturated heterocycles. The number of nitrogens with one attached hydrogen (secondary N) is 1. The molecule has 0 spiro atoms. The van der Waals surface area contributed by atoms with Crippen molar-refractivity contribution in [2.75, 3.05) is 11.9 Å². The summed E-state index contributed by atoms with van der Waals surface area (Å²) in [6.45, 7) is 3.98. The summed E-state index contributed by atoms with van der Waals surface area (Å²) in [5.41, 5.74) is 3.80. The maximum Gasteiger partial charge on any atom is 0.121 e. The SMILES string of the molecule is CC1CC(OCc2ccccc2)=CC=C1c1nc2c(s1)NCCCC2. The van der Waals surface area contributed by atoms with E-state index < -0.39 is 0 Å². The van der Waals surface area contributed by atoms with Gasteiger partial charge in [0.05, 0.1) is 11.5 Å². The lowest BCUT2D eigenvalue weighted by molar-refractivity contribution is 0.183. The minimum absolute atomic E-state index is 0.436. The number of ether oxygens (including phenoxy) is 1. The lowest BCUT2D eigenvalue weighted by atomic mass is 9.92. The van der Waals surface area contributed by atoms with Crippen molar-refractivity contribution >= 4 is 21.9 Å². The molecule has 2 aliphatic rings. The van der Waals surface area contributed by atoms with E-state index in [1.807, 2.05) is 17.4 Å². The third-order valence-corrected chi connectivity index (χ3v) is 5.93. The quantitative estimate of drug-likeness (QED) is 0.798. The van der Waals surface area contributed by atoms with Gasteiger partial charge >= 0.3 is 0 Å². The van der Waals surface area contributed by atoms with Crippen molar-refractivity contribution in [2.24, 2.45) is 5.92 Å². The van der Waals surface area contributed by atoms with E-state index in [0.717, 1.165) is 25.1 Å². The number of thiazole rings is 1. The molecule has 130 valence electrons. The van der Waals surface area contributed by atoms with Crippen LogP contribution in [-0.4, -0.2) is 11.5 Å². The molecule has 4 rings (SSSR count). The van der Waals surface area contributed by atoms with E-state index >= 15 is 0 Å². The summed E-state index contributed by atoms with van der Waals surface area (Å²) in [7, 11) is 0. The Bertz CT molecular complexity index is 768. The number of benzene rings is 1. The van der Waals surface area contributed by atoms with E-state index in [-0.39, 0.29) is 0 Å². The van der Waals surface area contributed by atoms with Crippen LogP contribution in [0.25, 0.3) is 5.57 Å². The fourth-order valence-electron chi connectivity index (χ4n) is 3.37. The van der Waals surface area contributed by atoms with Gasteiger partial charge in [0, 0.05) is 13.0 Å². The molecule has 0 fully saturated rings. The van der Waals surface area contributed by atoms with Crippen molar-refractivity contribution in [1.29, 1.82) is 0 Å². The minimum Gasteiger partial charge on any atom is -0.493 e. The molecular weight excluding hydrogens is 328 g/mol. The molecule has 0 bridgehead atoms. The molecule has 1 aromatic carbocycles. The number of fused-ring (bicyclic) bond motifs is 1. The lowest BCUT2D eigenvalue weighted by Crippen LogP contribution is -2.07. The van der Waals surface area contributed by atoms with Crippen LogP contribution in [0.2, 0.25) is 0 Å². The molecule has 4 heteroatoms. The highest BCUT2D eigenvalue weighted by molar-refractivity contribution is 7.16. The predicted molar refractivity (Wildman–Crippen MR) is 105 cm³/mol. The van der Waals surface area contributed by atoms with Crippen molar-refractivity contribution in [2.45, 2.75) is 39.2 Å². The average Bonchev–Trinajstić information content (AvgIpc) is 2.91. The van der Waals surface area contributed by atoms with Crippen LogP contribution in [0.5, 0.6) is 0 Å². The number of hydrogen-bond acceptors (Lipinski definition) is 4. The van der Waals surface area contributed by atoms with Gasteiger partial charge in [0.2, 0.25) is 0 Å². The highest BCUT2D eigenvalue weighted by Gasteiger charge is 2.22. The largest absolute Gasteiger partial charge is 0.493 e. The summed E-state index contributed by atoms with van der Waals surface area (Å²) >= 11 is 1.81. The summed E-state index contributed by atoms with van der Waals surface area (Å²) in [4.78, 5) is 4.92. The zero-order valence-corrected chi connectivity index (χ0v) is 15.4. The zero-order valence-electron chi connectivity index (χ0n) is 14.6. The van der Waals surface area contributed by atoms with Crippen molar-refractivity contribution in [3.8, 4) is 0 Å². The molecule has 2 aromatic rings. The van der Waals surface area contributed by atoms with Gasteiger partial charge in [-0.3, -0.25) is 0 Å². The molecule has 1 aliphatic carbocycles. The van der Waals surface area contributed by atoms with Gasteiger partial charge < -0.3 is 10.1 Å². The molecule has 1 aliphatic heterocycles. The molecule has 0 saturated carbocycles. The number of aryl methyl sites for hydroxylation is 1. The van der Waals surface area contributed by atoms with Gasteiger partial charge in [-0.25, -0.2) is 4.98 Å². The third-order valence-electron chi connectivity index (χ3n) is 4.82. The van der Waals surface area contributed by atoms with Gasteiger partial charge in [0.15, 0.2) is 0 Å². The minimum atomic E-state index is 0.436. The Morgan fingerprint density at radius 2 is 2.08 bits per heavy atom. The second kappa shape index (κ2) is 7.44. The summed E-state index contributed by atoms with van der Waals surface area (Å²) in [6, 6.07) is 10.3. The molecular formula is C21H24N2OS. The highest BCUT2D eigenvalue weighted by atomic mass is 32.1. The van der Waals surface area contributed by atoms with Crippen LogP contribution < -0.4 is 5.32 Å². The smallest absolute Gasteiger partial charge is 0.121 e. The number of aromatic nitrogens is 1. The van der Waals surface area contributed by atoms with Crippen LogP contribution in [0.3, 0.4) is 0 Å². The van der Waals surface area contributed by atoms with Crippen LogP contribution in [0, 0.1) is 5.92 Å². The Kier molecular flexibility index (Phi) is 4.88. The molecule has 1 aromatic heterocycles. The standard InChI is InChI=1S/C21H24N2OS/c1-15-13-17(24-14-16-7-3-2-4-8-16)10-11-18(15)20-23-19-9-5-6-12-22-21(19)25-20/h2-4,7-8,10-11,15,22H,5-6,9,12-14H2,1H3. The number of anilines is 1. The number of hydrogen-bond donors (Lipinski definition) is 1. The first-order chi connectivity index (χ1) is 12.3. The molecule has 1 N–H and O–H groups in total. The Morgan fingerprint density at radius 3 is 2.92 bits per heavy atom. The summed E-state index contributed by atoms with van der Waals surface area (Å²) in [5, 5.41) is 5.98. The van der Waals surface area contributed by atoms with Gasteiger partial charge in [-0.2, -0.15) is 0 Å². The first-order valence-electron chi connectivity index (χ1n) is 9.11. The van der Waals surface area contributed by atoms with Gasteiger partial charge in [-0.05, 0) is 42.4 Å². The fraction of sp³-hybridized carbons (Fsp3) is 0.381. The predicted octanol–water partition coefficient (Wildman–Crippen LogP) is 5.42. The maximum atomic E-state index is 6.01. The van der Waals surface area contributed by atoms with Gasteiger partial charge in [0.1, 0.15) is 16.6 Å². The van der Waals surface area contributed by atoms with Crippen LogP contribution in [-0.2, 0) is 17.8 Å². The second-order valence-electron chi connectivity index (χ2n) is 6.81. The Labute approximate surface area is 153 Å². The van der Waals surface area contributed by atoms with Crippen molar-refractivity contribution in [3.05, 3.63) is 64.5 Å². The van der Waals surface area contributed by atoms with Gasteiger partial charge in [0.25, 0.3) is 0 Å². The van der Waals surface area contributed by atoms with Crippen molar-refractivity contribution < 1.29 is 4.74 Å². The Morgan fingerprint density at radius 1 is 1.20 bits per heavy atom. The molecule has 0 radical (unpaired) electrons.